The average molecular weight is 290 g/mol. The topological polar surface area (TPSA) is 18.5 Å². The molecule has 2 heteroatoms. The molecule has 0 saturated heterocycles. The fraction of sp³-hybridized carbons (Fsp3) is 0.100. The highest BCUT2D eigenvalue weighted by atomic mass is 16.5. The van der Waals surface area contributed by atoms with Crippen molar-refractivity contribution in [1.82, 2.24) is 0 Å². The maximum absolute atomic E-state index is 5.59. The molecule has 0 heterocycles. The number of methoxy groups -OCH3 is 2. The Morgan fingerprint density at radius 1 is 0.545 bits per heavy atom. The minimum atomic E-state index is 0.739. The molecule has 0 aliphatic rings. The van der Waals surface area contributed by atoms with Crippen molar-refractivity contribution < 1.29 is 9.47 Å². The van der Waals surface area contributed by atoms with Gasteiger partial charge in [-0.2, -0.15) is 0 Å². The normalized spacial score (nSPS) is 10.3. The molecular formula is C20H18O2. The number of hydrogen-bond donors (Lipinski definition) is 0. The molecule has 0 radical (unpaired) electrons. The highest BCUT2D eigenvalue weighted by Gasteiger charge is 2.14. The van der Waals surface area contributed by atoms with E-state index in [0.29, 0.717) is 0 Å². The molecule has 0 aliphatic heterocycles. The van der Waals surface area contributed by atoms with Crippen molar-refractivity contribution in [3.8, 4) is 33.8 Å². The summed E-state index contributed by atoms with van der Waals surface area (Å²) in [5.41, 5.74) is 4.52. The van der Waals surface area contributed by atoms with E-state index in [2.05, 4.69) is 48.5 Å². The monoisotopic (exact) mass is 290 g/mol. The van der Waals surface area contributed by atoms with Gasteiger partial charge in [0.25, 0.3) is 0 Å². The summed E-state index contributed by atoms with van der Waals surface area (Å²) in [6.07, 6.45) is 0. The van der Waals surface area contributed by atoms with Gasteiger partial charge in [-0.05, 0) is 22.8 Å². The smallest absolute Gasteiger partial charge is 0.168 e. The van der Waals surface area contributed by atoms with E-state index in [1.807, 2.05) is 24.3 Å². The molecule has 0 saturated carbocycles. The van der Waals surface area contributed by atoms with Gasteiger partial charge in [-0.15, -0.1) is 0 Å². The standard InChI is InChI=1S/C20H18O2/c1-21-19-14-8-13-18(20(19)22-2)17-12-7-6-11-16(17)15-9-4-3-5-10-15/h3-14H,1-2H3. The first-order valence-electron chi connectivity index (χ1n) is 7.21. The SMILES string of the molecule is COc1cccc(-c2ccccc2-c2ccccc2)c1OC. The summed E-state index contributed by atoms with van der Waals surface area (Å²) in [4.78, 5) is 0. The molecule has 2 nitrogen and oxygen atoms in total. The number of rotatable bonds is 4. The van der Waals surface area contributed by atoms with E-state index in [1.165, 1.54) is 11.1 Å². The van der Waals surface area contributed by atoms with Crippen LogP contribution >= 0.6 is 0 Å². The van der Waals surface area contributed by atoms with Crippen LogP contribution in [0.1, 0.15) is 0 Å². The van der Waals surface area contributed by atoms with Gasteiger partial charge in [0.2, 0.25) is 0 Å². The van der Waals surface area contributed by atoms with Crippen molar-refractivity contribution in [3.05, 3.63) is 72.8 Å². The van der Waals surface area contributed by atoms with Crippen LogP contribution in [0.15, 0.2) is 72.8 Å². The van der Waals surface area contributed by atoms with Gasteiger partial charge in [0.05, 0.1) is 14.2 Å². The highest BCUT2D eigenvalue weighted by Crippen LogP contribution is 2.41. The van der Waals surface area contributed by atoms with E-state index in [-0.39, 0.29) is 0 Å². The van der Waals surface area contributed by atoms with Crippen molar-refractivity contribution in [2.75, 3.05) is 14.2 Å². The Bertz CT molecular complexity index is 764. The fourth-order valence-corrected chi connectivity index (χ4v) is 2.69. The van der Waals surface area contributed by atoms with Crippen LogP contribution in [0.3, 0.4) is 0 Å². The Balaban J connectivity index is 2.22. The molecule has 0 bridgehead atoms. The van der Waals surface area contributed by atoms with E-state index in [0.717, 1.165) is 22.6 Å². The van der Waals surface area contributed by atoms with Crippen molar-refractivity contribution in [1.29, 1.82) is 0 Å². The van der Waals surface area contributed by atoms with Gasteiger partial charge in [0, 0.05) is 5.56 Å². The molecule has 110 valence electrons. The zero-order chi connectivity index (χ0) is 15.4. The summed E-state index contributed by atoms with van der Waals surface area (Å²) in [7, 11) is 3.33. The molecule has 0 N–H and O–H groups in total. The minimum Gasteiger partial charge on any atom is -0.493 e. The number of hydrogen-bond acceptors (Lipinski definition) is 2. The summed E-state index contributed by atoms with van der Waals surface area (Å²) in [5, 5.41) is 0. The second-order valence-corrected chi connectivity index (χ2v) is 4.95. The van der Waals surface area contributed by atoms with Crippen LogP contribution in [0.25, 0.3) is 22.3 Å². The Morgan fingerprint density at radius 3 is 1.86 bits per heavy atom. The maximum Gasteiger partial charge on any atom is 0.168 e. The quantitative estimate of drug-likeness (QED) is 0.670. The summed E-state index contributed by atoms with van der Waals surface area (Å²) in [5.74, 6) is 1.50. The lowest BCUT2D eigenvalue weighted by Gasteiger charge is -2.15. The third-order valence-electron chi connectivity index (χ3n) is 3.70. The molecule has 3 aromatic rings. The lowest BCUT2D eigenvalue weighted by Crippen LogP contribution is -1.94. The summed E-state index contributed by atoms with van der Waals surface area (Å²) < 4.78 is 11.0. The van der Waals surface area contributed by atoms with E-state index in [9.17, 15) is 0 Å². The zero-order valence-corrected chi connectivity index (χ0v) is 12.7. The number of para-hydroxylation sites is 1. The maximum atomic E-state index is 5.59. The van der Waals surface area contributed by atoms with Crippen molar-refractivity contribution in [2.24, 2.45) is 0 Å². The van der Waals surface area contributed by atoms with Gasteiger partial charge in [0.1, 0.15) is 0 Å². The molecule has 0 aliphatic carbocycles. The van der Waals surface area contributed by atoms with Crippen LogP contribution in [0.2, 0.25) is 0 Å². The second-order valence-electron chi connectivity index (χ2n) is 4.95. The zero-order valence-electron chi connectivity index (χ0n) is 12.7. The van der Waals surface area contributed by atoms with Crippen LogP contribution in [-0.4, -0.2) is 14.2 Å². The Labute approximate surface area is 131 Å². The predicted octanol–water partition coefficient (Wildman–Crippen LogP) is 5.04. The average Bonchev–Trinajstić information content (AvgIpc) is 2.61. The van der Waals surface area contributed by atoms with E-state index in [4.69, 9.17) is 9.47 Å². The van der Waals surface area contributed by atoms with Crippen molar-refractivity contribution >= 4 is 0 Å². The van der Waals surface area contributed by atoms with Crippen LogP contribution in [0, 0.1) is 0 Å². The van der Waals surface area contributed by atoms with Gasteiger partial charge in [-0.1, -0.05) is 66.7 Å². The van der Waals surface area contributed by atoms with E-state index >= 15 is 0 Å². The molecule has 0 atom stereocenters. The molecule has 3 rings (SSSR count). The van der Waals surface area contributed by atoms with E-state index < -0.39 is 0 Å². The molecule has 22 heavy (non-hydrogen) atoms. The predicted molar refractivity (Wildman–Crippen MR) is 90.4 cm³/mol. The van der Waals surface area contributed by atoms with Gasteiger partial charge >= 0.3 is 0 Å². The molecule has 0 fully saturated rings. The first-order valence-corrected chi connectivity index (χ1v) is 7.21. The first kappa shape index (κ1) is 14.2. The van der Waals surface area contributed by atoms with E-state index in [1.54, 1.807) is 14.2 Å². The van der Waals surface area contributed by atoms with Crippen LogP contribution in [-0.2, 0) is 0 Å². The molecule has 0 aromatic heterocycles. The molecule has 0 unspecified atom stereocenters. The van der Waals surface area contributed by atoms with Crippen molar-refractivity contribution in [3.63, 3.8) is 0 Å². The third kappa shape index (κ3) is 2.56. The van der Waals surface area contributed by atoms with Gasteiger partial charge in [-0.25, -0.2) is 0 Å². The number of benzene rings is 3. The van der Waals surface area contributed by atoms with Crippen LogP contribution < -0.4 is 9.47 Å². The molecule has 0 spiro atoms. The summed E-state index contributed by atoms with van der Waals surface area (Å²) in [6.45, 7) is 0. The lowest BCUT2D eigenvalue weighted by atomic mass is 9.94. The van der Waals surface area contributed by atoms with Crippen molar-refractivity contribution in [2.45, 2.75) is 0 Å². The molecular weight excluding hydrogens is 272 g/mol. The second kappa shape index (κ2) is 6.35. The summed E-state index contributed by atoms with van der Waals surface area (Å²) in [6, 6.07) is 24.6. The third-order valence-corrected chi connectivity index (χ3v) is 3.70. The Morgan fingerprint density at radius 2 is 1.18 bits per heavy atom. The number of ether oxygens (including phenoxy) is 2. The fourth-order valence-electron chi connectivity index (χ4n) is 2.69. The van der Waals surface area contributed by atoms with Crippen LogP contribution in [0.5, 0.6) is 11.5 Å². The van der Waals surface area contributed by atoms with Gasteiger partial charge in [0.15, 0.2) is 11.5 Å². The first-order chi connectivity index (χ1) is 10.8. The Hall–Kier alpha value is -2.74. The van der Waals surface area contributed by atoms with Gasteiger partial charge < -0.3 is 9.47 Å². The minimum absolute atomic E-state index is 0.739. The summed E-state index contributed by atoms with van der Waals surface area (Å²) >= 11 is 0. The lowest BCUT2D eigenvalue weighted by molar-refractivity contribution is 0.356. The molecule has 0 amide bonds. The van der Waals surface area contributed by atoms with Gasteiger partial charge in [-0.3, -0.25) is 0 Å². The molecule has 3 aromatic carbocycles. The largest absolute Gasteiger partial charge is 0.493 e. The Kier molecular flexibility index (Phi) is 4.10. The van der Waals surface area contributed by atoms with Crippen LogP contribution in [0.4, 0.5) is 0 Å². The highest BCUT2D eigenvalue weighted by molar-refractivity contribution is 5.87.